The predicted molar refractivity (Wildman–Crippen MR) is 101 cm³/mol. The molecular weight excluding hydrogens is 310 g/mol. The number of hydrogen-bond donors (Lipinski definition) is 0. The molecule has 0 saturated heterocycles. The van der Waals surface area contributed by atoms with Crippen molar-refractivity contribution in [2.45, 2.75) is 25.9 Å². The molecular formula is C22H21NO2. The van der Waals surface area contributed by atoms with Gasteiger partial charge in [-0.2, -0.15) is 0 Å². The number of hydrogen-bond acceptors (Lipinski definition) is 2. The topological polar surface area (TPSA) is 29.5 Å². The van der Waals surface area contributed by atoms with Crippen LogP contribution in [0, 0.1) is 0 Å². The predicted octanol–water partition coefficient (Wildman–Crippen LogP) is 4.59. The lowest BCUT2D eigenvalue weighted by molar-refractivity contribution is -0.124. The third-order valence-corrected chi connectivity index (χ3v) is 4.76. The molecule has 1 heterocycles. The summed E-state index contributed by atoms with van der Waals surface area (Å²) in [4.78, 5) is 14.8. The molecule has 0 N–H and O–H groups in total. The van der Waals surface area contributed by atoms with Gasteiger partial charge in [-0.25, -0.2) is 0 Å². The molecule has 3 aromatic carbocycles. The molecule has 1 atom stereocenters. The van der Waals surface area contributed by atoms with Gasteiger partial charge in [-0.05, 0) is 54.3 Å². The molecule has 126 valence electrons. The minimum Gasteiger partial charge on any atom is -0.481 e. The largest absolute Gasteiger partial charge is 0.481 e. The summed E-state index contributed by atoms with van der Waals surface area (Å²) in [5, 5.41) is 2.28. The smallest absolute Gasteiger partial charge is 0.267 e. The van der Waals surface area contributed by atoms with Gasteiger partial charge in [0.15, 0.2) is 6.10 Å². The van der Waals surface area contributed by atoms with Gasteiger partial charge in [0.05, 0.1) is 0 Å². The van der Waals surface area contributed by atoms with Crippen LogP contribution in [-0.4, -0.2) is 18.6 Å². The SMILES string of the molecule is C[C@H](Oc1ccc2ccccc2c1)C(=O)N1CCCc2ccccc21. The first-order valence-corrected chi connectivity index (χ1v) is 8.77. The van der Waals surface area contributed by atoms with Gasteiger partial charge in [-0.1, -0.05) is 48.5 Å². The van der Waals surface area contributed by atoms with E-state index in [1.165, 1.54) is 10.9 Å². The van der Waals surface area contributed by atoms with Gasteiger partial charge in [0.1, 0.15) is 5.75 Å². The lowest BCUT2D eigenvalue weighted by atomic mass is 10.0. The molecule has 1 amide bonds. The fraction of sp³-hybridized carbons (Fsp3) is 0.227. The number of benzene rings is 3. The quantitative estimate of drug-likeness (QED) is 0.703. The second-order valence-corrected chi connectivity index (χ2v) is 6.49. The highest BCUT2D eigenvalue weighted by Crippen LogP contribution is 2.28. The Balaban J connectivity index is 1.54. The molecule has 0 radical (unpaired) electrons. The van der Waals surface area contributed by atoms with E-state index in [-0.39, 0.29) is 5.91 Å². The first kappa shape index (κ1) is 15.7. The zero-order chi connectivity index (χ0) is 17.2. The third-order valence-electron chi connectivity index (χ3n) is 4.76. The van der Waals surface area contributed by atoms with Crippen LogP contribution in [0.2, 0.25) is 0 Å². The third kappa shape index (κ3) is 3.10. The lowest BCUT2D eigenvalue weighted by Crippen LogP contribution is -2.43. The number of aryl methyl sites for hydroxylation is 1. The lowest BCUT2D eigenvalue weighted by Gasteiger charge is -2.31. The Bertz CT molecular complexity index is 919. The molecule has 0 fully saturated rings. The number of nitrogens with zero attached hydrogens (tertiary/aromatic N) is 1. The van der Waals surface area contributed by atoms with E-state index >= 15 is 0 Å². The number of carbonyl (C=O) groups is 1. The van der Waals surface area contributed by atoms with Crippen molar-refractivity contribution in [2.24, 2.45) is 0 Å². The standard InChI is InChI=1S/C22H21NO2/c1-16(25-20-13-12-17-7-2-3-9-19(17)15-20)22(24)23-14-6-10-18-8-4-5-11-21(18)23/h2-5,7-9,11-13,15-16H,6,10,14H2,1H3/t16-/m0/s1. The number of fused-ring (bicyclic) bond motifs is 2. The first-order chi connectivity index (χ1) is 12.2. The van der Waals surface area contributed by atoms with Gasteiger partial charge in [0, 0.05) is 12.2 Å². The molecule has 3 heteroatoms. The Morgan fingerprint density at radius 1 is 1.00 bits per heavy atom. The van der Waals surface area contributed by atoms with Gasteiger partial charge >= 0.3 is 0 Å². The monoisotopic (exact) mass is 331 g/mol. The van der Waals surface area contributed by atoms with Crippen LogP contribution in [0.15, 0.2) is 66.7 Å². The number of carbonyl (C=O) groups excluding carboxylic acids is 1. The fourth-order valence-corrected chi connectivity index (χ4v) is 3.48. The molecule has 0 spiro atoms. The van der Waals surface area contributed by atoms with Crippen molar-refractivity contribution in [3.8, 4) is 5.75 Å². The molecule has 4 rings (SSSR count). The molecule has 0 unspecified atom stereocenters. The Morgan fingerprint density at radius 3 is 2.64 bits per heavy atom. The maximum Gasteiger partial charge on any atom is 0.267 e. The van der Waals surface area contributed by atoms with Crippen molar-refractivity contribution in [1.82, 2.24) is 0 Å². The molecule has 0 bridgehead atoms. The first-order valence-electron chi connectivity index (χ1n) is 8.77. The van der Waals surface area contributed by atoms with Crippen molar-refractivity contribution in [3.05, 3.63) is 72.3 Å². The van der Waals surface area contributed by atoms with Crippen LogP contribution in [0.25, 0.3) is 10.8 Å². The molecule has 25 heavy (non-hydrogen) atoms. The minimum absolute atomic E-state index is 0.0142. The Labute approximate surface area is 147 Å². The van der Waals surface area contributed by atoms with Crippen molar-refractivity contribution < 1.29 is 9.53 Å². The Morgan fingerprint density at radius 2 is 1.76 bits per heavy atom. The molecule has 1 aliphatic rings. The van der Waals surface area contributed by atoms with Gasteiger partial charge in [0.25, 0.3) is 5.91 Å². The average molecular weight is 331 g/mol. The van der Waals surface area contributed by atoms with Crippen molar-refractivity contribution in [2.75, 3.05) is 11.4 Å². The van der Waals surface area contributed by atoms with Crippen LogP contribution in [-0.2, 0) is 11.2 Å². The zero-order valence-corrected chi connectivity index (χ0v) is 14.3. The summed E-state index contributed by atoms with van der Waals surface area (Å²) in [6.45, 7) is 2.58. The van der Waals surface area contributed by atoms with Crippen LogP contribution >= 0.6 is 0 Å². The number of ether oxygens (including phenoxy) is 1. The van der Waals surface area contributed by atoms with Gasteiger partial charge < -0.3 is 9.64 Å². The van der Waals surface area contributed by atoms with Crippen molar-refractivity contribution in [3.63, 3.8) is 0 Å². The maximum atomic E-state index is 12.9. The van der Waals surface area contributed by atoms with Crippen LogP contribution in [0.1, 0.15) is 18.9 Å². The molecule has 0 saturated carbocycles. The van der Waals surface area contributed by atoms with E-state index in [0.717, 1.165) is 36.2 Å². The highest BCUT2D eigenvalue weighted by molar-refractivity contribution is 5.97. The highest BCUT2D eigenvalue weighted by atomic mass is 16.5. The number of para-hydroxylation sites is 1. The normalized spacial score (nSPS) is 14.8. The van der Waals surface area contributed by atoms with Crippen molar-refractivity contribution in [1.29, 1.82) is 0 Å². The molecule has 0 aromatic heterocycles. The van der Waals surface area contributed by atoms with Crippen LogP contribution in [0.5, 0.6) is 5.75 Å². The summed E-state index contributed by atoms with van der Waals surface area (Å²) < 4.78 is 5.96. The van der Waals surface area contributed by atoms with E-state index < -0.39 is 6.10 Å². The molecule has 1 aliphatic heterocycles. The molecule has 3 nitrogen and oxygen atoms in total. The van der Waals surface area contributed by atoms with E-state index in [2.05, 4.69) is 18.2 Å². The van der Waals surface area contributed by atoms with Crippen LogP contribution < -0.4 is 9.64 Å². The van der Waals surface area contributed by atoms with Gasteiger partial charge in [0.2, 0.25) is 0 Å². The summed E-state index contributed by atoms with van der Waals surface area (Å²) in [5.41, 5.74) is 2.26. The highest BCUT2D eigenvalue weighted by Gasteiger charge is 2.27. The van der Waals surface area contributed by atoms with E-state index in [9.17, 15) is 4.79 Å². The second kappa shape index (κ2) is 6.60. The number of amides is 1. The average Bonchev–Trinajstić information content (AvgIpc) is 2.67. The van der Waals surface area contributed by atoms with E-state index in [0.29, 0.717) is 0 Å². The fourth-order valence-electron chi connectivity index (χ4n) is 3.48. The minimum atomic E-state index is -0.521. The van der Waals surface area contributed by atoms with E-state index in [4.69, 9.17) is 4.74 Å². The van der Waals surface area contributed by atoms with Gasteiger partial charge in [-0.15, -0.1) is 0 Å². The molecule has 3 aromatic rings. The summed E-state index contributed by atoms with van der Waals surface area (Å²) in [6.07, 6.45) is 1.50. The van der Waals surface area contributed by atoms with E-state index in [1.807, 2.05) is 60.4 Å². The summed E-state index contributed by atoms with van der Waals surface area (Å²) in [7, 11) is 0. The van der Waals surface area contributed by atoms with E-state index in [1.54, 1.807) is 0 Å². The number of rotatable bonds is 3. The van der Waals surface area contributed by atoms with Crippen molar-refractivity contribution >= 4 is 22.4 Å². The summed E-state index contributed by atoms with van der Waals surface area (Å²) in [6, 6.07) is 22.2. The zero-order valence-electron chi connectivity index (χ0n) is 14.3. The second-order valence-electron chi connectivity index (χ2n) is 6.49. The maximum absolute atomic E-state index is 12.9. The van der Waals surface area contributed by atoms with Gasteiger partial charge in [-0.3, -0.25) is 4.79 Å². The Hall–Kier alpha value is -2.81. The summed E-state index contributed by atoms with van der Waals surface area (Å²) >= 11 is 0. The Kier molecular flexibility index (Phi) is 4.14. The molecule has 0 aliphatic carbocycles. The summed E-state index contributed by atoms with van der Waals surface area (Å²) in [5.74, 6) is 0.741. The van der Waals surface area contributed by atoms with Crippen LogP contribution in [0.4, 0.5) is 5.69 Å². The number of anilines is 1. The van der Waals surface area contributed by atoms with Crippen LogP contribution in [0.3, 0.4) is 0 Å².